The number of rotatable bonds is 11. The third-order valence-corrected chi connectivity index (χ3v) is 7.23. The number of amides is 1. The van der Waals surface area contributed by atoms with E-state index in [1.807, 2.05) is 18.2 Å². The number of benzene rings is 1. The highest BCUT2D eigenvalue weighted by Gasteiger charge is 2.26. The Morgan fingerprint density at radius 1 is 1.15 bits per heavy atom. The molecule has 1 aromatic carbocycles. The standard InChI is InChI=1S/C29H34FN7O3S/c1-18(23(38)14-19-8-5-6-10-21(19)31)16-37(28(39)40-29(2,3)4)13-11-24-36-25-26(34-17-35-27(25)41-24)33-15-22-20(30)9-7-12-32-22/h5-10,12,17-18H,11,13-16,31H2,1-4H3,(H,33,34,35)/t18-/m0/s1. The van der Waals surface area contributed by atoms with E-state index in [1.165, 1.54) is 36.0 Å². The molecule has 0 unspecified atom stereocenters. The smallest absolute Gasteiger partial charge is 0.410 e. The Labute approximate surface area is 242 Å². The Morgan fingerprint density at radius 3 is 2.66 bits per heavy atom. The summed E-state index contributed by atoms with van der Waals surface area (Å²) >= 11 is 1.38. The molecule has 4 rings (SSSR count). The van der Waals surface area contributed by atoms with Crippen molar-refractivity contribution in [2.24, 2.45) is 5.92 Å². The summed E-state index contributed by atoms with van der Waals surface area (Å²) in [5.41, 5.74) is 7.47. The fourth-order valence-corrected chi connectivity index (χ4v) is 4.95. The van der Waals surface area contributed by atoms with E-state index in [1.54, 1.807) is 38.7 Å². The van der Waals surface area contributed by atoms with Gasteiger partial charge in [-0.1, -0.05) is 36.5 Å². The lowest BCUT2D eigenvalue weighted by atomic mass is 9.98. The highest BCUT2D eigenvalue weighted by atomic mass is 32.1. The normalized spacial score (nSPS) is 12.2. The van der Waals surface area contributed by atoms with Crippen LogP contribution in [-0.4, -0.2) is 55.4 Å². The number of carbonyl (C=O) groups is 2. The summed E-state index contributed by atoms with van der Waals surface area (Å²) in [6, 6.07) is 10.1. The molecule has 10 nitrogen and oxygen atoms in total. The fraction of sp³-hybridized carbons (Fsp3) is 0.379. The number of fused-ring (bicyclic) bond motifs is 1. The number of hydrogen-bond acceptors (Lipinski definition) is 10. The monoisotopic (exact) mass is 579 g/mol. The maximum atomic E-state index is 14.0. The molecule has 0 bridgehead atoms. The minimum atomic E-state index is -0.694. The van der Waals surface area contributed by atoms with Gasteiger partial charge in [-0.2, -0.15) is 0 Å². The summed E-state index contributed by atoms with van der Waals surface area (Å²) in [5.74, 6) is -0.407. The van der Waals surface area contributed by atoms with Gasteiger partial charge in [0.1, 0.15) is 33.9 Å². The van der Waals surface area contributed by atoms with Gasteiger partial charge in [-0.15, -0.1) is 0 Å². The van der Waals surface area contributed by atoms with Crippen molar-refractivity contribution in [3.05, 3.63) is 71.0 Å². The van der Waals surface area contributed by atoms with Gasteiger partial charge >= 0.3 is 6.09 Å². The van der Waals surface area contributed by atoms with Crippen molar-refractivity contribution < 1.29 is 18.7 Å². The van der Waals surface area contributed by atoms with Crippen molar-refractivity contribution >= 4 is 45.1 Å². The van der Waals surface area contributed by atoms with E-state index < -0.39 is 23.4 Å². The lowest BCUT2D eigenvalue weighted by molar-refractivity contribution is -0.122. The second kappa shape index (κ2) is 13.0. The number of anilines is 2. The molecule has 3 aromatic heterocycles. The first-order valence-corrected chi connectivity index (χ1v) is 14.1. The largest absolute Gasteiger partial charge is 0.444 e. The molecule has 4 aromatic rings. The topological polar surface area (TPSA) is 136 Å². The van der Waals surface area contributed by atoms with Crippen LogP contribution in [0.15, 0.2) is 48.9 Å². The van der Waals surface area contributed by atoms with Gasteiger partial charge in [0.25, 0.3) is 0 Å². The Bertz CT molecular complexity index is 1520. The van der Waals surface area contributed by atoms with Crippen LogP contribution < -0.4 is 11.1 Å². The van der Waals surface area contributed by atoms with E-state index in [0.29, 0.717) is 28.3 Å². The lowest BCUT2D eigenvalue weighted by Crippen LogP contribution is -2.41. The number of nitrogens with one attached hydrogen (secondary N) is 1. The number of nitrogens with two attached hydrogens (primary N) is 1. The second-order valence-electron chi connectivity index (χ2n) is 10.7. The van der Waals surface area contributed by atoms with Gasteiger partial charge in [-0.3, -0.25) is 9.78 Å². The molecule has 41 heavy (non-hydrogen) atoms. The minimum Gasteiger partial charge on any atom is -0.444 e. The number of ether oxygens (including phenoxy) is 1. The van der Waals surface area contributed by atoms with Crippen LogP contribution in [0, 0.1) is 11.7 Å². The van der Waals surface area contributed by atoms with E-state index in [-0.39, 0.29) is 37.5 Å². The zero-order valence-corrected chi connectivity index (χ0v) is 24.4. The van der Waals surface area contributed by atoms with Crippen LogP contribution in [0.1, 0.15) is 44.0 Å². The number of para-hydroxylation sites is 1. The van der Waals surface area contributed by atoms with Gasteiger partial charge in [0.2, 0.25) is 0 Å². The van der Waals surface area contributed by atoms with E-state index in [2.05, 4.69) is 20.3 Å². The molecule has 3 heterocycles. The molecular weight excluding hydrogens is 545 g/mol. The number of carbonyl (C=O) groups excluding carboxylic acids is 2. The molecular formula is C29H34FN7O3S. The molecule has 0 aliphatic rings. The Kier molecular flexibility index (Phi) is 9.43. The number of nitrogens with zero attached hydrogens (tertiary/aromatic N) is 5. The average Bonchev–Trinajstić information content (AvgIpc) is 3.34. The molecule has 0 aliphatic heterocycles. The second-order valence-corrected chi connectivity index (χ2v) is 11.8. The first kappa shape index (κ1) is 29.8. The van der Waals surface area contributed by atoms with Crippen molar-refractivity contribution in [1.82, 2.24) is 24.8 Å². The van der Waals surface area contributed by atoms with Crippen molar-refractivity contribution in [3.63, 3.8) is 0 Å². The first-order valence-electron chi connectivity index (χ1n) is 13.3. The lowest BCUT2D eigenvalue weighted by Gasteiger charge is -2.29. The maximum Gasteiger partial charge on any atom is 0.410 e. The van der Waals surface area contributed by atoms with E-state index in [4.69, 9.17) is 15.5 Å². The summed E-state index contributed by atoms with van der Waals surface area (Å²) in [5, 5.41) is 3.82. The molecule has 0 radical (unpaired) electrons. The average molecular weight is 580 g/mol. The molecule has 1 atom stereocenters. The predicted molar refractivity (Wildman–Crippen MR) is 157 cm³/mol. The third-order valence-electron chi connectivity index (χ3n) is 6.21. The number of ketones is 1. The molecule has 0 saturated carbocycles. The quantitative estimate of drug-likeness (QED) is 0.234. The van der Waals surface area contributed by atoms with Crippen LogP contribution in [0.4, 0.5) is 20.7 Å². The highest BCUT2D eigenvalue weighted by Crippen LogP contribution is 2.26. The summed E-state index contributed by atoms with van der Waals surface area (Å²) in [6.45, 7) is 7.81. The van der Waals surface area contributed by atoms with E-state index >= 15 is 0 Å². The molecule has 216 valence electrons. The molecule has 0 fully saturated rings. The molecule has 12 heteroatoms. The summed E-state index contributed by atoms with van der Waals surface area (Å²) in [4.78, 5) is 45.7. The van der Waals surface area contributed by atoms with Crippen LogP contribution >= 0.6 is 11.3 Å². The fourth-order valence-electron chi connectivity index (χ4n) is 4.05. The van der Waals surface area contributed by atoms with Crippen LogP contribution in [0.3, 0.4) is 0 Å². The molecule has 0 aliphatic carbocycles. The SMILES string of the molecule is C[C@@H](CN(CCc1nc2c(NCc3ncccc3F)ncnc2s1)C(=O)OC(C)(C)C)C(=O)Cc1ccccc1N. The zero-order chi connectivity index (χ0) is 29.6. The Balaban J connectivity index is 1.46. The number of Topliss-reactive ketones (excluding diaryl/α,β-unsaturated/α-hetero) is 1. The molecule has 1 amide bonds. The zero-order valence-electron chi connectivity index (χ0n) is 23.6. The van der Waals surface area contributed by atoms with Crippen LogP contribution in [0.5, 0.6) is 0 Å². The number of pyridine rings is 1. The van der Waals surface area contributed by atoms with Gasteiger partial charge in [0.15, 0.2) is 5.82 Å². The van der Waals surface area contributed by atoms with Gasteiger partial charge in [0.05, 0.1) is 17.2 Å². The van der Waals surface area contributed by atoms with Crippen molar-refractivity contribution in [2.75, 3.05) is 24.1 Å². The first-order chi connectivity index (χ1) is 19.5. The molecule has 0 spiro atoms. The van der Waals surface area contributed by atoms with Crippen LogP contribution in [-0.2, 0) is 28.9 Å². The number of aromatic nitrogens is 4. The minimum absolute atomic E-state index is 0.0215. The number of nitrogen functional groups attached to an aromatic ring is 1. The van der Waals surface area contributed by atoms with Crippen LogP contribution in [0.2, 0.25) is 0 Å². The number of hydrogen-bond donors (Lipinski definition) is 2. The van der Waals surface area contributed by atoms with Gasteiger partial charge in [-0.05, 0) is 44.5 Å². The van der Waals surface area contributed by atoms with Crippen LogP contribution in [0.25, 0.3) is 10.3 Å². The Morgan fingerprint density at radius 2 is 1.93 bits per heavy atom. The summed E-state index contributed by atoms with van der Waals surface area (Å²) in [6.07, 6.45) is 3.04. The summed E-state index contributed by atoms with van der Waals surface area (Å²) < 4.78 is 19.6. The predicted octanol–water partition coefficient (Wildman–Crippen LogP) is 5.04. The van der Waals surface area contributed by atoms with Crippen molar-refractivity contribution in [2.45, 2.75) is 52.7 Å². The molecule has 3 N–H and O–H groups in total. The van der Waals surface area contributed by atoms with Gasteiger partial charge in [-0.25, -0.2) is 24.1 Å². The van der Waals surface area contributed by atoms with Gasteiger partial charge < -0.3 is 20.7 Å². The maximum absolute atomic E-state index is 14.0. The highest BCUT2D eigenvalue weighted by molar-refractivity contribution is 7.18. The number of thiazole rings is 1. The number of halogens is 1. The summed E-state index contributed by atoms with van der Waals surface area (Å²) in [7, 11) is 0. The van der Waals surface area contributed by atoms with E-state index in [0.717, 1.165) is 10.6 Å². The molecule has 0 saturated heterocycles. The van der Waals surface area contributed by atoms with E-state index in [9.17, 15) is 14.0 Å². The Hall–Kier alpha value is -4.19. The van der Waals surface area contributed by atoms with Crippen molar-refractivity contribution in [1.29, 1.82) is 0 Å². The van der Waals surface area contributed by atoms with Gasteiger partial charge in [0, 0.05) is 43.7 Å². The van der Waals surface area contributed by atoms with Crippen molar-refractivity contribution in [3.8, 4) is 0 Å². The third kappa shape index (κ3) is 8.16.